The zero-order valence-corrected chi connectivity index (χ0v) is 26.5. The second-order valence-corrected chi connectivity index (χ2v) is 11.8. The van der Waals surface area contributed by atoms with E-state index in [1.807, 2.05) is 0 Å². The molecular formula is C31H31N7O8S. The van der Waals surface area contributed by atoms with Crippen molar-refractivity contribution in [3.05, 3.63) is 91.3 Å². The molecule has 0 atom stereocenters. The van der Waals surface area contributed by atoms with E-state index in [9.17, 15) is 13.2 Å². The summed E-state index contributed by atoms with van der Waals surface area (Å²) < 4.78 is 53.5. The van der Waals surface area contributed by atoms with Crippen LogP contribution in [0.2, 0.25) is 0 Å². The van der Waals surface area contributed by atoms with Crippen molar-refractivity contribution < 1.29 is 37.0 Å². The van der Waals surface area contributed by atoms with Crippen molar-refractivity contribution >= 4 is 22.0 Å². The van der Waals surface area contributed by atoms with Gasteiger partial charge in [0.1, 0.15) is 19.5 Å². The maximum atomic E-state index is 13.7. The van der Waals surface area contributed by atoms with Gasteiger partial charge in [-0.15, -0.1) is 0 Å². The van der Waals surface area contributed by atoms with E-state index in [0.29, 0.717) is 11.7 Å². The van der Waals surface area contributed by atoms with Crippen LogP contribution in [-0.4, -0.2) is 64.5 Å². The van der Waals surface area contributed by atoms with E-state index in [2.05, 4.69) is 43.5 Å². The van der Waals surface area contributed by atoms with Gasteiger partial charge in [0.25, 0.3) is 15.9 Å². The van der Waals surface area contributed by atoms with Gasteiger partial charge in [-0.05, 0) is 48.2 Å². The van der Waals surface area contributed by atoms with Crippen molar-refractivity contribution in [2.45, 2.75) is 25.2 Å². The van der Waals surface area contributed by atoms with Crippen molar-refractivity contribution in [3.8, 4) is 34.8 Å². The number of para-hydroxylation sites is 2. The molecule has 0 radical (unpaired) electrons. The fourth-order valence-electron chi connectivity index (χ4n) is 4.16. The number of nitrogens with zero attached hydrogens (tertiary/aromatic N) is 6. The molecule has 0 aliphatic heterocycles. The lowest BCUT2D eigenvalue weighted by atomic mass is 10.0. The number of anilines is 1. The fourth-order valence-corrected chi connectivity index (χ4v) is 5.16. The highest BCUT2D eigenvalue weighted by atomic mass is 32.2. The van der Waals surface area contributed by atoms with Crippen LogP contribution in [0.1, 0.15) is 19.4 Å². The molecule has 0 amide bonds. The fraction of sp³-hybridized carbons (Fsp3) is 0.226. The van der Waals surface area contributed by atoms with Crippen molar-refractivity contribution in [1.29, 1.82) is 0 Å². The van der Waals surface area contributed by atoms with E-state index in [0.717, 1.165) is 16.7 Å². The molecule has 0 spiro atoms. The number of aromatic nitrogens is 6. The molecule has 3 heterocycles. The first kappa shape index (κ1) is 32.6. The predicted molar refractivity (Wildman–Crippen MR) is 168 cm³/mol. The Labute approximate surface area is 270 Å². The molecule has 5 rings (SSSR count). The van der Waals surface area contributed by atoms with Gasteiger partial charge in [0.15, 0.2) is 23.1 Å². The molecule has 15 nitrogen and oxygen atoms in total. The molecule has 0 fully saturated rings. The van der Waals surface area contributed by atoms with Crippen LogP contribution >= 0.6 is 0 Å². The van der Waals surface area contributed by atoms with Gasteiger partial charge >= 0.3 is 6.16 Å². The second kappa shape index (κ2) is 15.0. The molecule has 0 bridgehead atoms. The number of hydrogen-bond acceptors (Lipinski definition) is 13. The number of imidazole rings is 1. The molecule has 0 saturated carbocycles. The van der Waals surface area contributed by atoms with Crippen LogP contribution in [0.5, 0.6) is 23.1 Å². The van der Waals surface area contributed by atoms with Crippen LogP contribution in [0.3, 0.4) is 0 Å². The minimum atomic E-state index is -4.21. The van der Waals surface area contributed by atoms with Crippen LogP contribution < -0.4 is 23.8 Å². The molecule has 0 saturated heterocycles. The molecule has 3 aromatic heterocycles. The summed E-state index contributed by atoms with van der Waals surface area (Å²) in [6.07, 6.45) is 6.86. The Balaban J connectivity index is 1.50. The summed E-state index contributed by atoms with van der Waals surface area (Å²) in [5.41, 5.74) is 0.997. The van der Waals surface area contributed by atoms with Gasteiger partial charge in [-0.2, -0.15) is 9.71 Å². The van der Waals surface area contributed by atoms with Gasteiger partial charge in [0.2, 0.25) is 11.6 Å². The van der Waals surface area contributed by atoms with E-state index in [1.165, 1.54) is 50.4 Å². The maximum Gasteiger partial charge on any atom is 0.533 e. The lowest BCUT2D eigenvalue weighted by Gasteiger charge is -2.18. The minimum absolute atomic E-state index is 0.00311. The van der Waals surface area contributed by atoms with Crippen LogP contribution in [0, 0.1) is 5.92 Å². The standard InChI is InChI=1S/C31H31N7O8S/c1-21(2)19-22-9-11-23(12-10-22)47(40,41)37-27-26(45-25-8-5-4-7-24(25)42-3)30(36-29(35-27)28-33-13-6-14-34-28)43-17-18-44-31(39)46-38-16-15-32-20-38/h4-16,20-21H,17-19H2,1-3H3,(H,35,36,37). The average Bonchev–Trinajstić information content (AvgIpc) is 3.57. The third kappa shape index (κ3) is 8.70. The molecule has 2 aromatic carbocycles. The van der Waals surface area contributed by atoms with Crippen molar-refractivity contribution in [3.63, 3.8) is 0 Å². The molecule has 0 unspecified atom stereocenters. The van der Waals surface area contributed by atoms with Crippen LogP contribution in [0.15, 0.2) is 90.6 Å². The topological polar surface area (TPSA) is 179 Å². The summed E-state index contributed by atoms with van der Waals surface area (Å²) >= 11 is 0. The number of carbonyl (C=O) groups is 1. The largest absolute Gasteiger partial charge is 0.533 e. The smallest absolute Gasteiger partial charge is 0.493 e. The number of ether oxygens (including phenoxy) is 4. The lowest BCUT2D eigenvalue weighted by molar-refractivity contribution is 0.0390. The van der Waals surface area contributed by atoms with Crippen LogP contribution in [0.4, 0.5) is 10.6 Å². The lowest BCUT2D eigenvalue weighted by Crippen LogP contribution is -2.22. The van der Waals surface area contributed by atoms with Crippen LogP contribution in [-0.2, 0) is 21.2 Å². The summed E-state index contributed by atoms with van der Waals surface area (Å²) in [6.45, 7) is 3.65. The molecule has 5 aromatic rings. The summed E-state index contributed by atoms with van der Waals surface area (Å²) in [7, 11) is -2.75. The first-order valence-corrected chi connectivity index (χ1v) is 15.8. The van der Waals surface area contributed by atoms with Crippen molar-refractivity contribution in [1.82, 2.24) is 29.7 Å². The van der Waals surface area contributed by atoms with E-state index in [4.69, 9.17) is 23.8 Å². The monoisotopic (exact) mass is 661 g/mol. The Morgan fingerprint density at radius 2 is 1.66 bits per heavy atom. The molecular weight excluding hydrogens is 630 g/mol. The Hall–Kier alpha value is -5.77. The zero-order valence-electron chi connectivity index (χ0n) is 25.6. The summed E-state index contributed by atoms with van der Waals surface area (Å²) in [4.78, 5) is 38.0. The Bertz CT molecular complexity index is 1890. The zero-order chi connectivity index (χ0) is 33.2. The SMILES string of the molecule is COc1ccccc1Oc1c(NS(=O)(=O)c2ccc(CC(C)C)cc2)nc(-c2ncccn2)nc1OCCOC(=O)On1ccnc1. The van der Waals surface area contributed by atoms with Gasteiger partial charge in [0.05, 0.1) is 18.2 Å². The van der Waals surface area contributed by atoms with Crippen molar-refractivity contribution in [2.75, 3.05) is 25.0 Å². The maximum absolute atomic E-state index is 13.7. The molecule has 0 aliphatic rings. The second-order valence-electron chi connectivity index (χ2n) is 10.2. The third-order valence-corrected chi connectivity index (χ3v) is 7.55. The number of hydrogen-bond donors (Lipinski definition) is 1. The number of rotatable bonds is 14. The molecule has 16 heteroatoms. The van der Waals surface area contributed by atoms with E-state index < -0.39 is 16.2 Å². The molecule has 0 aliphatic carbocycles. The predicted octanol–water partition coefficient (Wildman–Crippen LogP) is 4.57. The first-order valence-electron chi connectivity index (χ1n) is 14.3. The highest BCUT2D eigenvalue weighted by molar-refractivity contribution is 7.92. The summed E-state index contributed by atoms with van der Waals surface area (Å²) in [6, 6.07) is 14.9. The number of nitrogens with one attached hydrogen (secondary N) is 1. The van der Waals surface area contributed by atoms with Gasteiger partial charge in [-0.25, -0.2) is 33.1 Å². The number of carbonyl (C=O) groups excluding carboxylic acids is 1. The third-order valence-electron chi connectivity index (χ3n) is 6.19. The Kier molecular flexibility index (Phi) is 10.4. The number of sulfonamides is 1. The Morgan fingerprint density at radius 1 is 0.915 bits per heavy atom. The van der Waals surface area contributed by atoms with Gasteiger partial charge in [-0.1, -0.05) is 38.1 Å². The van der Waals surface area contributed by atoms with Crippen molar-refractivity contribution in [2.24, 2.45) is 5.92 Å². The van der Waals surface area contributed by atoms with E-state index >= 15 is 0 Å². The summed E-state index contributed by atoms with van der Waals surface area (Å²) in [5.74, 6) is 0.296. The highest BCUT2D eigenvalue weighted by Crippen LogP contribution is 2.41. The normalized spacial score (nSPS) is 11.1. The van der Waals surface area contributed by atoms with Crippen LogP contribution in [0.25, 0.3) is 11.6 Å². The molecule has 47 heavy (non-hydrogen) atoms. The molecule has 1 N–H and O–H groups in total. The number of benzene rings is 2. The van der Waals surface area contributed by atoms with Gasteiger partial charge in [-0.3, -0.25) is 4.72 Å². The van der Waals surface area contributed by atoms with Gasteiger partial charge < -0.3 is 23.8 Å². The summed E-state index contributed by atoms with van der Waals surface area (Å²) in [5, 5.41) is 0. The van der Waals surface area contributed by atoms with E-state index in [-0.39, 0.29) is 53.0 Å². The number of methoxy groups -OCH3 is 1. The van der Waals surface area contributed by atoms with Gasteiger partial charge in [0, 0.05) is 18.6 Å². The highest BCUT2D eigenvalue weighted by Gasteiger charge is 2.26. The first-order chi connectivity index (χ1) is 22.7. The Morgan fingerprint density at radius 3 is 2.34 bits per heavy atom. The minimum Gasteiger partial charge on any atom is -0.493 e. The van der Waals surface area contributed by atoms with E-state index in [1.54, 1.807) is 42.5 Å². The quantitative estimate of drug-likeness (QED) is 0.129. The average molecular weight is 662 g/mol. The molecule has 244 valence electrons.